The molecule has 0 aliphatic carbocycles. The van der Waals surface area contributed by atoms with Crippen molar-refractivity contribution in [1.29, 1.82) is 0 Å². The standard InChI is InChI=1S/C14H19ClFNO3S/c1-9-7-17(8-10(2)20-9)21(18,19)14-5-12(6-15)4-13(16)11(14)3/h4-5,9-10H,6-8H2,1-3H3/t9-,10+. The van der Waals surface area contributed by atoms with E-state index in [0.29, 0.717) is 5.56 Å². The highest BCUT2D eigenvalue weighted by molar-refractivity contribution is 7.89. The molecule has 1 fully saturated rings. The van der Waals surface area contributed by atoms with Crippen LogP contribution in [0, 0.1) is 12.7 Å². The van der Waals surface area contributed by atoms with E-state index in [2.05, 4.69) is 0 Å². The third kappa shape index (κ3) is 3.39. The van der Waals surface area contributed by atoms with Crippen molar-refractivity contribution in [2.24, 2.45) is 0 Å². The molecule has 2 rings (SSSR count). The molecule has 7 heteroatoms. The number of sulfonamides is 1. The smallest absolute Gasteiger partial charge is 0.243 e. The molecule has 1 aliphatic rings. The van der Waals surface area contributed by atoms with E-state index in [1.807, 2.05) is 13.8 Å². The van der Waals surface area contributed by atoms with Crippen molar-refractivity contribution in [2.75, 3.05) is 13.1 Å². The van der Waals surface area contributed by atoms with Crippen LogP contribution in [0.3, 0.4) is 0 Å². The molecular formula is C14H19ClFNO3S. The topological polar surface area (TPSA) is 46.6 Å². The van der Waals surface area contributed by atoms with Crippen LogP contribution in [-0.4, -0.2) is 38.0 Å². The first-order valence-electron chi connectivity index (χ1n) is 6.76. The fraction of sp³-hybridized carbons (Fsp3) is 0.571. The predicted molar refractivity (Wildman–Crippen MR) is 79.5 cm³/mol. The van der Waals surface area contributed by atoms with E-state index in [1.165, 1.54) is 23.4 Å². The molecule has 0 spiro atoms. The van der Waals surface area contributed by atoms with Crippen LogP contribution >= 0.6 is 11.6 Å². The molecule has 1 heterocycles. The van der Waals surface area contributed by atoms with Crippen LogP contribution in [0.5, 0.6) is 0 Å². The lowest BCUT2D eigenvalue weighted by Crippen LogP contribution is -2.48. The Morgan fingerprint density at radius 3 is 2.43 bits per heavy atom. The van der Waals surface area contributed by atoms with Gasteiger partial charge < -0.3 is 4.74 Å². The van der Waals surface area contributed by atoms with E-state index in [1.54, 1.807) is 0 Å². The Bertz CT molecular complexity index is 625. The van der Waals surface area contributed by atoms with Crippen LogP contribution < -0.4 is 0 Å². The number of halogens is 2. The second-order valence-corrected chi connectivity index (χ2v) is 7.59. The number of rotatable bonds is 3. The van der Waals surface area contributed by atoms with E-state index in [-0.39, 0.29) is 41.6 Å². The van der Waals surface area contributed by atoms with Gasteiger partial charge in [-0.2, -0.15) is 4.31 Å². The first kappa shape index (κ1) is 16.7. The molecule has 0 radical (unpaired) electrons. The van der Waals surface area contributed by atoms with Crippen molar-refractivity contribution in [1.82, 2.24) is 4.31 Å². The average Bonchev–Trinajstić information content (AvgIpc) is 2.40. The molecule has 118 valence electrons. The van der Waals surface area contributed by atoms with E-state index in [4.69, 9.17) is 16.3 Å². The number of alkyl halides is 1. The first-order chi connectivity index (χ1) is 9.75. The molecule has 0 N–H and O–H groups in total. The highest BCUT2D eigenvalue weighted by atomic mass is 35.5. The van der Waals surface area contributed by atoms with Gasteiger partial charge in [-0.1, -0.05) is 0 Å². The number of hydrogen-bond acceptors (Lipinski definition) is 3. The third-order valence-corrected chi connectivity index (χ3v) is 5.78. The van der Waals surface area contributed by atoms with Gasteiger partial charge in [-0.15, -0.1) is 11.6 Å². The van der Waals surface area contributed by atoms with Gasteiger partial charge in [0.1, 0.15) is 5.82 Å². The summed E-state index contributed by atoms with van der Waals surface area (Å²) in [5.41, 5.74) is 0.573. The average molecular weight is 336 g/mol. The molecule has 4 nitrogen and oxygen atoms in total. The summed E-state index contributed by atoms with van der Waals surface area (Å²) in [6, 6.07) is 2.72. The number of ether oxygens (including phenoxy) is 1. The maximum Gasteiger partial charge on any atom is 0.243 e. The maximum absolute atomic E-state index is 13.9. The van der Waals surface area contributed by atoms with Crippen molar-refractivity contribution in [3.05, 3.63) is 29.1 Å². The van der Waals surface area contributed by atoms with Gasteiger partial charge in [-0.3, -0.25) is 0 Å². The van der Waals surface area contributed by atoms with Crippen LogP contribution in [0.1, 0.15) is 25.0 Å². The zero-order chi connectivity index (χ0) is 15.8. The van der Waals surface area contributed by atoms with Crippen molar-refractivity contribution in [3.63, 3.8) is 0 Å². The lowest BCUT2D eigenvalue weighted by molar-refractivity contribution is -0.0441. The van der Waals surface area contributed by atoms with Crippen molar-refractivity contribution >= 4 is 21.6 Å². The predicted octanol–water partition coefficient (Wildman–Crippen LogP) is 2.67. The molecular weight excluding hydrogens is 317 g/mol. The molecule has 21 heavy (non-hydrogen) atoms. The minimum Gasteiger partial charge on any atom is -0.373 e. The van der Waals surface area contributed by atoms with Gasteiger partial charge in [0.05, 0.1) is 17.1 Å². The van der Waals surface area contributed by atoms with Gasteiger partial charge in [-0.05, 0) is 38.5 Å². The molecule has 1 aromatic carbocycles. The highest BCUT2D eigenvalue weighted by Gasteiger charge is 2.33. The van der Waals surface area contributed by atoms with Crippen molar-refractivity contribution < 1.29 is 17.5 Å². The molecule has 1 aromatic rings. The van der Waals surface area contributed by atoms with Crippen molar-refractivity contribution in [3.8, 4) is 0 Å². The molecule has 0 unspecified atom stereocenters. The molecule has 1 saturated heterocycles. The minimum absolute atomic E-state index is 0.0144. The minimum atomic E-state index is -3.76. The van der Waals surface area contributed by atoms with E-state index >= 15 is 0 Å². The van der Waals surface area contributed by atoms with Crippen LogP contribution in [0.2, 0.25) is 0 Å². The summed E-state index contributed by atoms with van der Waals surface area (Å²) in [4.78, 5) is -0.0144. The monoisotopic (exact) mass is 335 g/mol. The quantitative estimate of drug-likeness (QED) is 0.798. The van der Waals surface area contributed by atoms with Crippen LogP contribution in [0.15, 0.2) is 17.0 Å². The summed E-state index contributed by atoms with van der Waals surface area (Å²) in [7, 11) is -3.76. The molecule has 0 amide bonds. The van der Waals surface area contributed by atoms with E-state index in [9.17, 15) is 12.8 Å². The highest BCUT2D eigenvalue weighted by Crippen LogP contribution is 2.27. The molecule has 0 aromatic heterocycles. The fourth-order valence-corrected chi connectivity index (χ4v) is 4.55. The molecule has 0 bridgehead atoms. The lowest BCUT2D eigenvalue weighted by Gasteiger charge is -2.34. The van der Waals surface area contributed by atoms with Gasteiger partial charge in [0, 0.05) is 24.5 Å². The number of nitrogens with zero attached hydrogens (tertiary/aromatic N) is 1. The first-order valence-corrected chi connectivity index (χ1v) is 8.73. The Hall–Kier alpha value is -0.690. The SMILES string of the molecule is Cc1c(F)cc(CCl)cc1S(=O)(=O)N1C[C@@H](C)O[C@@H](C)C1. The molecule has 1 aliphatic heterocycles. The fourth-order valence-electron chi connectivity index (χ4n) is 2.52. The summed E-state index contributed by atoms with van der Waals surface area (Å²) in [6.07, 6.45) is -0.380. The molecule has 0 saturated carbocycles. The van der Waals surface area contributed by atoms with E-state index < -0.39 is 15.8 Å². The summed E-state index contributed by atoms with van der Waals surface area (Å²) in [5, 5.41) is 0. The maximum atomic E-state index is 13.9. The summed E-state index contributed by atoms with van der Waals surface area (Å²) < 4.78 is 46.4. The lowest BCUT2D eigenvalue weighted by atomic mass is 10.1. The Morgan fingerprint density at radius 2 is 1.90 bits per heavy atom. The molecule has 2 atom stereocenters. The Kier molecular flexibility index (Phi) is 4.92. The zero-order valence-corrected chi connectivity index (χ0v) is 13.8. The summed E-state index contributed by atoms with van der Waals surface area (Å²) in [6.45, 7) is 5.63. The third-order valence-electron chi connectivity index (χ3n) is 3.51. The van der Waals surface area contributed by atoms with Gasteiger partial charge in [0.15, 0.2) is 0 Å². The summed E-state index contributed by atoms with van der Waals surface area (Å²) in [5.74, 6) is -0.489. The van der Waals surface area contributed by atoms with Crippen LogP contribution in [0.4, 0.5) is 4.39 Å². The largest absolute Gasteiger partial charge is 0.373 e. The van der Waals surface area contributed by atoms with Gasteiger partial charge in [0.25, 0.3) is 0 Å². The van der Waals surface area contributed by atoms with Gasteiger partial charge in [-0.25, -0.2) is 12.8 Å². The van der Waals surface area contributed by atoms with Crippen molar-refractivity contribution in [2.45, 2.75) is 43.8 Å². The van der Waals surface area contributed by atoms with E-state index in [0.717, 1.165) is 0 Å². The Balaban J connectivity index is 2.46. The normalized spacial score (nSPS) is 24.2. The van der Waals surface area contributed by atoms with Crippen LogP contribution in [-0.2, 0) is 20.6 Å². The Labute approximate surface area is 129 Å². The second kappa shape index (κ2) is 6.20. The van der Waals surface area contributed by atoms with Crippen LogP contribution in [0.25, 0.3) is 0 Å². The Morgan fingerprint density at radius 1 is 1.33 bits per heavy atom. The van der Waals surface area contributed by atoms with Gasteiger partial charge in [0.2, 0.25) is 10.0 Å². The zero-order valence-electron chi connectivity index (χ0n) is 12.3. The van der Waals surface area contributed by atoms with Gasteiger partial charge >= 0.3 is 0 Å². The number of hydrogen-bond donors (Lipinski definition) is 0. The number of benzene rings is 1. The second-order valence-electron chi connectivity index (χ2n) is 5.41. The number of morpholine rings is 1. The summed E-state index contributed by atoms with van der Waals surface area (Å²) >= 11 is 5.71.